The molecule has 0 radical (unpaired) electrons. The number of nitriles is 1. The van der Waals surface area contributed by atoms with Crippen molar-refractivity contribution in [1.82, 2.24) is 5.32 Å². The number of carbonyl (C=O) groups is 3. The molecule has 6 heteroatoms. The van der Waals surface area contributed by atoms with Gasteiger partial charge in [-0.25, -0.2) is 9.69 Å². The molecule has 1 aromatic carbocycles. The zero-order valence-electron chi connectivity index (χ0n) is 10.4. The van der Waals surface area contributed by atoms with Gasteiger partial charge in [0.15, 0.2) is 0 Å². The number of aryl methyl sites for hydroxylation is 1. The molecule has 1 heterocycles. The number of nitrogens with one attached hydrogen (secondary N) is 1. The molecule has 0 spiro atoms. The van der Waals surface area contributed by atoms with Gasteiger partial charge in [-0.2, -0.15) is 5.26 Å². The lowest BCUT2D eigenvalue weighted by Gasteiger charge is -2.29. The molecular weight excluding hydrogens is 246 g/mol. The number of rotatable bonds is 1. The summed E-state index contributed by atoms with van der Waals surface area (Å²) in [5.74, 6) is -2.21. The average molecular weight is 257 g/mol. The molecule has 0 saturated carbocycles. The molecule has 0 aromatic heterocycles. The van der Waals surface area contributed by atoms with Crippen molar-refractivity contribution in [2.45, 2.75) is 13.8 Å². The van der Waals surface area contributed by atoms with Crippen LogP contribution >= 0.6 is 0 Å². The van der Waals surface area contributed by atoms with Gasteiger partial charge in [0.25, 0.3) is 0 Å². The number of barbiturate groups is 1. The summed E-state index contributed by atoms with van der Waals surface area (Å²) >= 11 is 0. The van der Waals surface area contributed by atoms with Crippen LogP contribution in [0.3, 0.4) is 0 Å². The van der Waals surface area contributed by atoms with Crippen molar-refractivity contribution >= 4 is 23.5 Å². The van der Waals surface area contributed by atoms with Gasteiger partial charge in [-0.05, 0) is 25.5 Å². The fourth-order valence-corrected chi connectivity index (χ4v) is 1.89. The fourth-order valence-electron chi connectivity index (χ4n) is 1.89. The minimum absolute atomic E-state index is 0.198. The molecule has 1 fully saturated rings. The van der Waals surface area contributed by atoms with Crippen LogP contribution < -0.4 is 10.2 Å². The summed E-state index contributed by atoms with van der Waals surface area (Å²) in [6, 6.07) is 6.01. The van der Waals surface area contributed by atoms with E-state index < -0.39 is 23.8 Å². The quantitative estimate of drug-likeness (QED) is 0.762. The maximum Gasteiger partial charge on any atom is 0.335 e. The highest BCUT2D eigenvalue weighted by atomic mass is 16.2. The van der Waals surface area contributed by atoms with E-state index in [-0.39, 0.29) is 11.3 Å². The Morgan fingerprint density at radius 1 is 1.32 bits per heavy atom. The Morgan fingerprint density at radius 2 is 2.00 bits per heavy atom. The van der Waals surface area contributed by atoms with E-state index in [1.807, 2.05) is 6.07 Å². The summed E-state index contributed by atoms with van der Waals surface area (Å²) in [5, 5.41) is 11.2. The summed E-state index contributed by atoms with van der Waals surface area (Å²) in [6.45, 7) is 3.13. The third-order valence-corrected chi connectivity index (χ3v) is 3.02. The third kappa shape index (κ3) is 1.95. The standard InChI is InChI=1S/C13H11N3O3/c1-7-4-3-5-10(9(7)6-14)16-12(18)8(2)11(17)15-13(16)19/h3-5,8H,1-2H3,(H,15,17,19). The van der Waals surface area contributed by atoms with Crippen molar-refractivity contribution in [3.8, 4) is 6.07 Å². The predicted octanol–water partition coefficient (Wildman–Crippen LogP) is 1.09. The largest absolute Gasteiger partial charge is 0.335 e. The van der Waals surface area contributed by atoms with Gasteiger partial charge < -0.3 is 0 Å². The Labute approximate surface area is 109 Å². The Kier molecular flexibility index (Phi) is 3.05. The molecule has 0 aliphatic carbocycles. The Balaban J connectivity index is 2.56. The molecule has 0 bridgehead atoms. The second-order valence-corrected chi connectivity index (χ2v) is 4.27. The summed E-state index contributed by atoms with van der Waals surface area (Å²) in [6.07, 6.45) is 0. The Hall–Kier alpha value is -2.68. The first kappa shape index (κ1) is 12.8. The molecule has 1 N–H and O–H groups in total. The SMILES string of the molecule is Cc1cccc(N2C(=O)NC(=O)C(C)C2=O)c1C#N. The maximum absolute atomic E-state index is 12.1. The van der Waals surface area contributed by atoms with Gasteiger partial charge in [0, 0.05) is 0 Å². The zero-order valence-corrected chi connectivity index (χ0v) is 10.4. The summed E-state index contributed by atoms with van der Waals surface area (Å²) in [7, 11) is 0. The molecule has 6 nitrogen and oxygen atoms in total. The van der Waals surface area contributed by atoms with E-state index >= 15 is 0 Å². The smallest absolute Gasteiger partial charge is 0.277 e. The Bertz CT molecular complexity index is 631. The lowest BCUT2D eigenvalue weighted by molar-refractivity contribution is -0.133. The van der Waals surface area contributed by atoms with Crippen LogP contribution in [0.4, 0.5) is 10.5 Å². The first-order valence-corrected chi connectivity index (χ1v) is 5.66. The second kappa shape index (κ2) is 4.53. The summed E-state index contributed by atoms with van der Waals surface area (Å²) in [4.78, 5) is 36.1. The van der Waals surface area contributed by atoms with Crippen LogP contribution in [-0.2, 0) is 9.59 Å². The van der Waals surface area contributed by atoms with Gasteiger partial charge in [0.2, 0.25) is 11.8 Å². The monoisotopic (exact) mass is 257 g/mol. The van der Waals surface area contributed by atoms with E-state index in [1.54, 1.807) is 19.1 Å². The molecule has 1 aromatic rings. The van der Waals surface area contributed by atoms with Crippen LogP contribution in [0.5, 0.6) is 0 Å². The number of amides is 4. The molecule has 1 atom stereocenters. The molecular formula is C13H11N3O3. The molecule has 4 amide bonds. The van der Waals surface area contributed by atoms with E-state index in [1.165, 1.54) is 13.0 Å². The van der Waals surface area contributed by atoms with Crippen molar-refractivity contribution in [2.24, 2.45) is 5.92 Å². The van der Waals surface area contributed by atoms with Crippen molar-refractivity contribution in [3.05, 3.63) is 29.3 Å². The number of hydrogen-bond acceptors (Lipinski definition) is 4. The molecule has 96 valence electrons. The van der Waals surface area contributed by atoms with E-state index in [0.717, 1.165) is 4.90 Å². The zero-order chi connectivity index (χ0) is 14.2. The molecule has 19 heavy (non-hydrogen) atoms. The number of carbonyl (C=O) groups excluding carboxylic acids is 3. The first-order chi connectivity index (χ1) is 8.97. The molecule has 2 rings (SSSR count). The van der Waals surface area contributed by atoms with Crippen LogP contribution in [-0.4, -0.2) is 17.8 Å². The van der Waals surface area contributed by atoms with Crippen LogP contribution in [0, 0.1) is 24.2 Å². The number of hydrogen-bond donors (Lipinski definition) is 1. The van der Waals surface area contributed by atoms with E-state index in [4.69, 9.17) is 5.26 Å². The highest BCUT2D eigenvalue weighted by molar-refractivity contribution is 6.27. The lowest BCUT2D eigenvalue weighted by atomic mass is 10.0. The highest BCUT2D eigenvalue weighted by Crippen LogP contribution is 2.26. The number of anilines is 1. The van der Waals surface area contributed by atoms with Crippen LogP contribution in [0.15, 0.2) is 18.2 Å². The maximum atomic E-state index is 12.1. The van der Waals surface area contributed by atoms with E-state index in [0.29, 0.717) is 5.56 Å². The van der Waals surface area contributed by atoms with Crippen molar-refractivity contribution < 1.29 is 14.4 Å². The minimum Gasteiger partial charge on any atom is -0.277 e. The molecule has 1 saturated heterocycles. The van der Waals surface area contributed by atoms with E-state index in [2.05, 4.69) is 5.32 Å². The van der Waals surface area contributed by atoms with E-state index in [9.17, 15) is 14.4 Å². The fraction of sp³-hybridized carbons (Fsp3) is 0.231. The number of imide groups is 2. The number of benzene rings is 1. The predicted molar refractivity (Wildman–Crippen MR) is 66.1 cm³/mol. The van der Waals surface area contributed by atoms with Gasteiger partial charge >= 0.3 is 6.03 Å². The van der Waals surface area contributed by atoms with Gasteiger partial charge in [-0.15, -0.1) is 0 Å². The van der Waals surface area contributed by atoms with Crippen LogP contribution in [0.2, 0.25) is 0 Å². The number of nitrogens with zero attached hydrogens (tertiary/aromatic N) is 2. The first-order valence-electron chi connectivity index (χ1n) is 5.66. The van der Waals surface area contributed by atoms with Crippen molar-refractivity contribution in [3.63, 3.8) is 0 Å². The van der Waals surface area contributed by atoms with Gasteiger partial charge in [-0.1, -0.05) is 12.1 Å². The van der Waals surface area contributed by atoms with Gasteiger partial charge in [-0.3, -0.25) is 14.9 Å². The van der Waals surface area contributed by atoms with Crippen LogP contribution in [0.1, 0.15) is 18.1 Å². The van der Waals surface area contributed by atoms with Crippen LogP contribution in [0.25, 0.3) is 0 Å². The average Bonchev–Trinajstić information content (AvgIpc) is 2.36. The molecule has 1 aliphatic heterocycles. The minimum atomic E-state index is -0.954. The highest BCUT2D eigenvalue weighted by Gasteiger charge is 2.39. The third-order valence-electron chi connectivity index (χ3n) is 3.02. The normalized spacial score (nSPS) is 19.1. The summed E-state index contributed by atoms with van der Waals surface area (Å²) < 4.78 is 0. The lowest BCUT2D eigenvalue weighted by Crippen LogP contribution is -2.57. The molecule has 1 unspecified atom stereocenters. The topological polar surface area (TPSA) is 90.3 Å². The van der Waals surface area contributed by atoms with Gasteiger partial charge in [0.05, 0.1) is 11.3 Å². The van der Waals surface area contributed by atoms with Crippen molar-refractivity contribution in [2.75, 3.05) is 4.90 Å². The molecule has 1 aliphatic rings. The number of urea groups is 1. The van der Waals surface area contributed by atoms with Gasteiger partial charge in [0.1, 0.15) is 12.0 Å². The Morgan fingerprint density at radius 3 is 2.63 bits per heavy atom. The second-order valence-electron chi connectivity index (χ2n) is 4.27. The van der Waals surface area contributed by atoms with Crippen molar-refractivity contribution in [1.29, 1.82) is 5.26 Å². The summed E-state index contributed by atoms with van der Waals surface area (Å²) in [5.41, 5.74) is 1.10.